The number of nitrogens with one attached hydrogen (secondary N) is 1. The predicted octanol–water partition coefficient (Wildman–Crippen LogP) is 3.97. The van der Waals surface area contributed by atoms with Crippen LogP contribution in [0.3, 0.4) is 0 Å². The highest BCUT2D eigenvalue weighted by atomic mass is 35.5. The molecule has 0 aliphatic heterocycles. The molecule has 0 radical (unpaired) electrons. The number of rotatable bonds is 5. The average molecular weight is 268 g/mol. The van der Waals surface area contributed by atoms with Crippen LogP contribution in [0.15, 0.2) is 41.2 Å². The molecule has 0 saturated carbocycles. The van der Waals surface area contributed by atoms with Gasteiger partial charge in [-0.25, -0.2) is 4.39 Å². The van der Waals surface area contributed by atoms with Crippen LogP contribution in [0.5, 0.6) is 0 Å². The fourth-order valence-corrected chi connectivity index (χ4v) is 2.14. The van der Waals surface area contributed by atoms with Gasteiger partial charge in [0.25, 0.3) is 0 Å². The Labute approximate surface area is 111 Å². The van der Waals surface area contributed by atoms with E-state index in [4.69, 9.17) is 16.0 Å². The summed E-state index contributed by atoms with van der Waals surface area (Å²) in [6, 6.07) is 6.41. The van der Waals surface area contributed by atoms with E-state index < -0.39 is 0 Å². The Morgan fingerprint density at radius 2 is 2.22 bits per heavy atom. The zero-order valence-electron chi connectivity index (χ0n) is 10.1. The van der Waals surface area contributed by atoms with E-state index in [1.54, 1.807) is 18.6 Å². The molecule has 0 aliphatic carbocycles. The molecule has 0 bridgehead atoms. The summed E-state index contributed by atoms with van der Waals surface area (Å²) < 4.78 is 18.3. The van der Waals surface area contributed by atoms with Crippen LogP contribution in [-0.2, 0) is 6.42 Å². The van der Waals surface area contributed by atoms with Crippen LogP contribution >= 0.6 is 11.6 Å². The van der Waals surface area contributed by atoms with Gasteiger partial charge in [-0.3, -0.25) is 0 Å². The van der Waals surface area contributed by atoms with E-state index in [0.29, 0.717) is 11.4 Å². The number of likely N-dealkylation sites (N-methyl/N-ethyl adjacent to an activating group) is 1. The molecule has 0 aliphatic rings. The topological polar surface area (TPSA) is 25.2 Å². The van der Waals surface area contributed by atoms with Crippen molar-refractivity contribution in [1.82, 2.24) is 5.32 Å². The summed E-state index contributed by atoms with van der Waals surface area (Å²) in [6.07, 6.45) is 3.96. The maximum atomic E-state index is 13.2. The zero-order chi connectivity index (χ0) is 13.0. The van der Waals surface area contributed by atoms with Crippen LogP contribution in [0.2, 0.25) is 5.02 Å². The first-order chi connectivity index (χ1) is 8.70. The van der Waals surface area contributed by atoms with E-state index in [9.17, 15) is 4.39 Å². The quantitative estimate of drug-likeness (QED) is 0.887. The van der Waals surface area contributed by atoms with Crippen LogP contribution < -0.4 is 5.32 Å². The van der Waals surface area contributed by atoms with Crippen molar-refractivity contribution in [3.8, 4) is 0 Å². The molecule has 1 unspecified atom stereocenters. The third-order valence-corrected chi connectivity index (χ3v) is 3.20. The maximum absolute atomic E-state index is 13.2. The normalized spacial score (nSPS) is 12.6. The van der Waals surface area contributed by atoms with Gasteiger partial charge in [-0.2, -0.15) is 0 Å². The summed E-state index contributed by atoms with van der Waals surface area (Å²) in [6.45, 7) is 2.85. The van der Waals surface area contributed by atoms with Crippen LogP contribution in [0, 0.1) is 5.82 Å². The fourth-order valence-electron chi connectivity index (χ4n) is 1.95. The Morgan fingerprint density at radius 1 is 1.39 bits per heavy atom. The molecule has 1 atom stereocenters. The molecule has 2 nitrogen and oxygen atoms in total. The van der Waals surface area contributed by atoms with Gasteiger partial charge in [-0.05, 0) is 42.8 Å². The molecule has 1 N–H and O–H groups in total. The summed E-state index contributed by atoms with van der Waals surface area (Å²) in [5.74, 6) is -0.267. The highest BCUT2D eigenvalue weighted by molar-refractivity contribution is 6.31. The second-order valence-corrected chi connectivity index (χ2v) is 4.51. The molecule has 1 heterocycles. The van der Waals surface area contributed by atoms with Crippen molar-refractivity contribution in [2.24, 2.45) is 0 Å². The SMILES string of the molecule is CCNC(Cc1cc(F)ccc1Cl)c1ccoc1. The van der Waals surface area contributed by atoms with Crippen molar-refractivity contribution >= 4 is 11.6 Å². The van der Waals surface area contributed by atoms with Gasteiger partial charge in [0, 0.05) is 16.6 Å². The number of hydrogen-bond donors (Lipinski definition) is 1. The summed E-state index contributed by atoms with van der Waals surface area (Å²) in [5, 5.41) is 3.93. The summed E-state index contributed by atoms with van der Waals surface area (Å²) >= 11 is 6.08. The van der Waals surface area contributed by atoms with E-state index >= 15 is 0 Å². The Kier molecular flexibility index (Phi) is 4.39. The molecule has 0 saturated heterocycles. The van der Waals surface area contributed by atoms with Crippen molar-refractivity contribution < 1.29 is 8.81 Å². The lowest BCUT2D eigenvalue weighted by Crippen LogP contribution is -2.22. The zero-order valence-corrected chi connectivity index (χ0v) is 10.9. The van der Waals surface area contributed by atoms with Crippen LogP contribution in [0.25, 0.3) is 0 Å². The molecule has 1 aromatic carbocycles. The van der Waals surface area contributed by atoms with Gasteiger partial charge in [0.15, 0.2) is 0 Å². The van der Waals surface area contributed by atoms with Crippen LogP contribution in [0.4, 0.5) is 4.39 Å². The van der Waals surface area contributed by atoms with Gasteiger partial charge in [-0.1, -0.05) is 18.5 Å². The average Bonchev–Trinajstić information content (AvgIpc) is 2.87. The summed E-state index contributed by atoms with van der Waals surface area (Å²) in [5.41, 5.74) is 1.83. The van der Waals surface area contributed by atoms with Crippen LogP contribution in [-0.4, -0.2) is 6.54 Å². The maximum Gasteiger partial charge on any atom is 0.123 e. The van der Waals surface area contributed by atoms with Crippen LogP contribution in [0.1, 0.15) is 24.1 Å². The molecular weight excluding hydrogens is 253 g/mol. The molecule has 18 heavy (non-hydrogen) atoms. The van der Waals surface area contributed by atoms with E-state index in [0.717, 1.165) is 17.7 Å². The predicted molar refractivity (Wildman–Crippen MR) is 70.2 cm³/mol. The molecular formula is C14H15ClFNO. The van der Waals surface area contributed by atoms with E-state index in [1.165, 1.54) is 12.1 Å². The Morgan fingerprint density at radius 3 is 2.89 bits per heavy atom. The molecule has 0 fully saturated rings. The Bertz CT molecular complexity index is 499. The number of benzene rings is 1. The molecule has 96 valence electrons. The first-order valence-electron chi connectivity index (χ1n) is 5.90. The number of halogens is 2. The van der Waals surface area contributed by atoms with Gasteiger partial charge in [0.05, 0.1) is 12.5 Å². The van der Waals surface area contributed by atoms with Crippen molar-refractivity contribution in [2.75, 3.05) is 6.54 Å². The monoisotopic (exact) mass is 267 g/mol. The largest absolute Gasteiger partial charge is 0.472 e. The molecule has 2 aromatic rings. The van der Waals surface area contributed by atoms with Gasteiger partial charge in [0.1, 0.15) is 5.82 Å². The summed E-state index contributed by atoms with van der Waals surface area (Å²) in [4.78, 5) is 0. The Balaban J connectivity index is 2.21. The van der Waals surface area contributed by atoms with E-state index in [1.807, 2.05) is 13.0 Å². The molecule has 4 heteroatoms. The van der Waals surface area contributed by atoms with E-state index in [-0.39, 0.29) is 11.9 Å². The standard InChI is InChI=1S/C14H15ClFNO/c1-2-17-14(10-5-6-18-9-10)8-11-7-12(16)3-4-13(11)15/h3-7,9,14,17H,2,8H2,1H3. The fraction of sp³-hybridized carbons (Fsp3) is 0.286. The lowest BCUT2D eigenvalue weighted by atomic mass is 10.0. The van der Waals surface area contributed by atoms with Gasteiger partial charge < -0.3 is 9.73 Å². The van der Waals surface area contributed by atoms with Gasteiger partial charge >= 0.3 is 0 Å². The second-order valence-electron chi connectivity index (χ2n) is 4.11. The first kappa shape index (κ1) is 13.1. The lowest BCUT2D eigenvalue weighted by Gasteiger charge is -2.17. The van der Waals surface area contributed by atoms with Crippen molar-refractivity contribution in [3.05, 3.63) is 58.8 Å². The van der Waals surface area contributed by atoms with Gasteiger partial charge in [-0.15, -0.1) is 0 Å². The van der Waals surface area contributed by atoms with Crippen molar-refractivity contribution in [3.63, 3.8) is 0 Å². The first-order valence-corrected chi connectivity index (χ1v) is 6.28. The minimum Gasteiger partial charge on any atom is -0.472 e. The number of furan rings is 1. The Hall–Kier alpha value is -1.32. The third kappa shape index (κ3) is 3.12. The smallest absolute Gasteiger partial charge is 0.123 e. The molecule has 1 aromatic heterocycles. The molecule has 0 spiro atoms. The minimum atomic E-state index is -0.267. The van der Waals surface area contributed by atoms with E-state index in [2.05, 4.69) is 5.32 Å². The van der Waals surface area contributed by atoms with Crippen molar-refractivity contribution in [1.29, 1.82) is 0 Å². The summed E-state index contributed by atoms with van der Waals surface area (Å²) in [7, 11) is 0. The molecule has 2 rings (SSSR count). The lowest BCUT2D eigenvalue weighted by molar-refractivity contribution is 0.523. The van der Waals surface area contributed by atoms with Gasteiger partial charge in [0.2, 0.25) is 0 Å². The highest BCUT2D eigenvalue weighted by Crippen LogP contribution is 2.24. The minimum absolute atomic E-state index is 0.0769. The number of hydrogen-bond acceptors (Lipinski definition) is 2. The highest BCUT2D eigenvalue weighted by Gasteiger charge is 2.14. The second kappa shape index (κ2) is 6.03. The molecule has 0 amide bonds. The third-order valence-electron chi connectivity index (χ3n) is 2.83. The van der Waals surface area contributed by atoms with Crippen molar-refractivity contribution in [2.45, 2.75) is 19.4 Å².